The molecule has 4 rings (SSSR count). The van der Waals surface area contributed by atoms with Gasteiger partial charge in [-0.15, -0.1) is 0 Å². The highest BCUT2D eigenvalue weighted by atomic mass is 19.1. The van der Waals surface area contributed by atoms with Crippen LogP contribution in [0.3, 0.4) is 0 Å². The van der Waals surface area contributed by atoms with Crippen molar-refractivity contribution in [1.29, 1.82) is 0 Å². The van der Waals surface area contributed by atoms with Gasteiger partial charge in [-0.1, -0.05) is 81.4 Å². The molecule has 1 aromatic heterocycles. The second kappa shape index (κ2) is 30.0. The summed E-state index contributed by atoms with van der Waals surface area (Å²) in [6, 6.07) is 15.7. The normalized spacial score (nSPS) is 13.4. The minimum absolute atomic E-state index is 0.00829. The van der Waals surface area contributed by atoms with Crippen molar-refractivity contribution >= 4 is 53.5 Å². The SMILES string of the molecule is C[C@H](NC(=O)[C@H](CCC(=O)OCc1ccccc1)NC(=O)OC(C)(C)C)C(=O)N[C@@H](CC(=O)OC(C)(C)C)C(=O)N[C@@H](CC(N)=O)C(=O)NCCCN(C(=O)CO)[C@@H](c1cc(-c2cc(F)ccc2F)cn1Cc1ccccc1)C(C)(C)C. The van der Waals surface area contributed by atoms with Gasteiger partial charge < -0.3 is 61.1 Å². The van der Waals surface area contributed by atoms with Crippen LogP contribution in [0, 0.1) is 17.0 Å². The van der Waals surface area contributed by atoms with Crippen LogP contribution in [0.2, 0.25) is 0 Å². The van der Waals surface area contributed by atoms with Crippen LogP contribution in [0.25, 0.3) is 11.1 Å². The lowest BCUT2D eigenvalue weighted by atomic mass is 9.83. The molecule has 1 heterocycles. The number of nitrogens with zero attached hydrogens (tertiary/aromatic N) is 2. The summed E-state index contributed by atoms with van der Waals surface area (Å²) < 4.78 is 47.7. The van der Waals surface area contributed by atoms with Crippen LogP contribution in [0.5, 0.6) is 0 Å². The Balaban J connectivity index is 1.53. The van der Waals surface area contributed by atoms with Gasteiger partial charge in [0.05, 0.1) is 18.9 Å². The summed E-state index contributed by atoms with van der Waals surface area (Å²) in [6.07, 6.45) is -1.48. The summed E-state index contributed by atoms with van der Waals surface area (Å²) in [5.41, 5.74) is 5.18. The zero-order valence-electron chi connectivity index (χ0n) is 48.2. The molecule has 5 atom stereocenters. The molecule has 0 aliphatic heterocycles. The van der Waals surface area contributed by atoms with Crippen molar-refractivity contribution in [2.24, 2.45) is 11.1 Å². The third-order valence-electron chi connectivity index (χ3n) is 12.2. The molecule has 0 radical (unpaired) electrons. The number of rotatable bonds is 27. The lowest BCUT2D eigenvalue weighted by Gasteiger charge is -2.41. The number of nitrogens with one attached hydrogen (secondary N) is 5. The number of hydrogen-bond donors (Lipinski definition) is 7. The highest BCUT2D eigenvalue weighted by Crippen LogP contribution is 2.41. The number of nitrogens with two attached hydrogens (primary N) is 1. The van der Waals surface area contributed by atoms with Crippen molar-refractivity contribution in [3.05, 3.63) is 120 Å². The number of primary amides is 1. The van der Waals surface area contributed by atoms with Crippen LogP contribution in [0.4, 0.5) is 13.6 Å². The lowest BCUT2D eigenvalue weighted by molar-refractivity contribution is -0.157. The first kappa shape index (κ1) is 66.3. The summed E-state index contributed by atoms with van der Waals surface area (Å²) in [7, 11) is 0. The Morgan fingerprint density at radius 1 is 0.683 bits per heavy atom. The Morgan fingerprint density at radius 2 is 1.27 bits per heavy atom. The maximum Gasteiger partial charge on any atom is 0.408 e. The fraction of sp³-hybridized carbons (Fsp3) is 0.475. The number of aliphatic hydroxyl groups is 1. The molecule has 21 nitrogen and oxygen atoms in total. The van der Waals surface area contributed by atoms with E-state index in [0.717, 1.165) is 23.8 Å². The van der Waals surface area contributed by atoms with E-state index in [9.17, 15) is 52.6 Å². The largest absolute Gasteiger partial charge is 0.461 e. The first-order chi connectivity index (χ1) is 38.3. The predicted octanol–water partition coefficient (Wildman–Crippen LogP) is 5.39. The highest BCUT2D eigenvalue weighted by Gasteiger charge is 2.38. The lowest BCUT2D eigenvalue weighted by Crippen LogP contribution is -2.58. The van der Waals surface area contributed by atoms with Crippen LogP contribution in [0.15, 0.2) is 91.1 Å². The second-order valence-electron chi connectivity index (χ2n) is 22.7. The Kier molecular flexibility index (Phi) is 24.3. The van der Waals surface area contributed by atoms with Gasteiger partial charge >= 0.3 is 18.0 Å². The summed E-state index contributed by atoms with van der Waals surface area (Å²) in [6.45, 7) is 15.4. The van der Waals surface area contributed by atoms with Crippen molar-refractivity contribution in [1.82, 2.24) is 36.1 Å². The molecular weight excluding hydrogens is 1070 g/mol. The maximum absolute atomic E-state index is 15.3. The van der Waals surface area contributed by atoms with E-state index in [1.165, 1.54) is 11.8 Å². The molecule has 3 aromatic carbocycles. The van der Waals surface area contributed by atoms with E-state index in [0.29, 0.717) is 16.8 Å². The van der Waals surface area contributed by atoms with E-state index in [2.05, 4.69) is 26.6 Å². The molecule has 446 valence electrons. The van der Waals surface area contributed by atoms with E-state index < -0.39 is 131 Å². The number of ether oxygens (including phenoxy) is 3. The van der Waals surface area contributed by atoms with E-state index in [1.54, 1.807) is 84.1 Å². The molecule has 0 aliphatic carbocycles. The first-order valence-electron chi connectivity index (χ1n) is 26.8. The van der Waals surface area contributed by atoms with Gasteiger partial charge in [-0.2, -0.15) is 0 Å². The fourth-order valence-electron chi connectivity index (χ4n) is 8.59. The predicted molar refractivity (Wildman–Crippen MR) is 298 cm³/mol. The van der Waals surface area contributed by atoms with Gasteiger partial charge in [-0.3, -0.25) is 38.4 Å². The number of amides is 7. The van der Waals surface area contributed by atoms with E-state index in [4.69, 9.17) is 19.9 Å². The summed E-state index contributed by atoms with van der Waals surface area (Å²) in [5, 5.41) is 22.5. The molecule has 0 bridgehead atoms. The van der Waals surface area contributed by atoms with Crippen LogP contribution in [-0.4, -0.2) is 123 Å². The van der Waals surface area contributed by atoms with Gasteiger partial charge in [0.1, 0.15) is 60.2 Å². The number of esters is 2. The van der Waals surface area contributed by atoms with Gasteiger partial charge in [-0.25, -0.2) is 13.6 Å². The number of carbonyl (C=O) groups is 9. The first-order valence-corrected chi connectivity index (χ1v) is 26.8. The molecule has 0 aliphatic rings. The van der Waals surface area contributed by atoms with Gasteiger partial charge in [0, 0.05) is 49.1 Å². The molecule has 0 saturated carbocycles. The Labute approximate surface area is 476 Å². The number of halogens is 2. The van der Waals surface area contributed by atoms with Crippen LogP contribution < -0.4 is 32.3 Å². The summed E-state index contributed by atoms with van der Waals surface area (Å²) >= 11 is 0. The molecule has 4 aromatic rings. The van der Waals surface area contributed by atoms with Crippen molar-refractivity contribution in [3.8, 4) is 11.1 Å². The van der Waals surface area contributed by atoms with Gasteiger partial charge in [-0.05, 0) is 102 Å². The van der Waals surface area contributed by atoms with Crippen LogP contribution >= 0.6 is 0 Å². The minimum atomic E-state index is -1.79. The molecule has 0 saturated heterocycles. The van der Waals surface area contributed by atoms with Crippen molar-refractivity contribution < 1.29 is 71.2 Å². The Bertz CT molecular complexity index is 2860. The van der Waals surface area contributed by atoms with Gasteiger partial charge in [0.2, 0.25) is 35.4 Å². The smallest absolute Gasteiger partial charge is 0.408 e. The van der Waals surface area contributed by atoms with Crippen molar-refractivity contribution in [2.75, 3.05) is 19.7 Å². The van der Waals surface area contributed by atoms with Gasteiger partial charge in [0.15, 0.2) is 0 Å². The number of aromatic nitrogens is 1. The number of hydrogen-bond acceptors (Lipinski definition) is 13. The Morgan fingerprint density at radius 3 is 1.85 bits per heavy atom. The average molecular weight is 1150 g/mol. The summed E-state index contributed by atoms with van der Waals surface area (Å²) in [4.78, 5) is 122. The van der Waals surface area contributed by atoms with Crippen molar-refractivity contribution in [3.63, 3.8) is 0 Å². The molecule has 8 N–H and O–H groups in total. The zero-order valence-corrected chi connectivity index (χ0v) is 48.2. The van der Waals surface area contributed by atoms with Crippen LogP contribution in [-0.2, 0) is 65.7 Å². The standard InChI is InChI=1S/C59H78F2N8O13/c1-36(64-54(77)43(67-56(79)82-59(8,9)10)24-25-49(73)80-35-38-20-15-12-16-21-38)52(75)65-45(31-50(74)81-58(5,6)7)55(78)66-44(30-47(62)71)53(76)63-26-17-27-69(48(72)34-70)51(57(2,3)4)46-28-39(41-29-40(60)22-23-42(41)61)33-68(46)32-37-18-13-11-14-19-37/h11-16,18-23,28-29,33,36,43-45,51,70H,17,24-27,30-32,34-35H2,1-10H3,(H2,62,71)(H,63,76)(H,64,77)(H,65,75)(H,66,78)(H,67,79)/t36-,43-,44-,45-,51-/m0/s1. The Hall–Kier alpha value is -8.21. The number of carbonyl (C=O) groups excluding carboxylic acids is 9. The van der Waals surface area contributed by atoms with Crippen LogP contribution in [0.1, 0.15) is 124 Å². The number of alkyl carbamates (subject to hydrolysis) is 1. The van der Waals surface area contributed by atoms with Crippen molar-refractivity contribution in [2.45, 2.75) is 156 Å². The number of benzene rings is 3. The highest BCUT2D eigenvalue weighted by molar-refractivity contribution is 5.97. The zero-order chi connectivity index (χ0) is 61.1. The quantitative estimate of drug-likeness (QED) is 0.0224. The third-order valence-corrected chi connectivity index (χ3v) is 12.2. The maximum atomic E-state index is 15.3. The molecular formula is C59H78F2N8O13. The summed E-state index contributed by atoms with van der Waals surface area (Å²) in [5.74, 6) is -8.69. The van der Waals surface area contributed by atoms with Gasteiger partial charge in [0.25, 0.3) is 0 Å². The fourth-order valence-corrected chi connectivity index (χ4v) is 8.59. The third kappa shape index (κ3) is 22.0. The molecule has 82 heavy (non-hydrogen) atoms. The van der Waals surface area contributed by atoms with E-state index >= 15 is 4.39 Å². The minimum Gasteiger partial charge on any atom is -0.461 e. The molecule has 7 amide bonds. The average Bonchev–Trinajstić information content (AvgIpc) is 3.83. The topological polar surface area (TPSA) is 296 Å². The van der Waals surface area contributed by atoms with E-state index in [-0.39, 0.29) is 51.1 Å². The number of aliphatic hydroxyl groups excluding tert-OH is 1. The molecule has 0 unspecified atom stereocenters. The monoisotopic (exact) mass is 1140 g/mol. The molecule has 0 fully saturated rings. The molecule has 0 spiro atoms. The molecule has 23 heteroatoms. The van der Waals surface area contributed by atoms with E-state index in [1.807, 2.05) is 55.7 Å². The second-order valence-corrected chi connectivity index (χ2v) is 22.7.